The molecule has 2 heterocycles. The number of hydrogen-bond donors (Lipinski definition) is 1. The molecule has 2 aliphatic rings. The minimum atomic E-state index is -3.47. The van der Waals surface area contributed by atoms with Gasteiger partial charge >= 0.3 is 0 Å². The monoisotopic (exact) mass is 449 g/mol. The summed E-state index contributed by atoms with van der Waals surface area (Å²) in [5.41, 5.74) is 4.79. The summed E-state index contributed by atoms with van der Waals surface area (Å²) in [4.78, 5) is 20.5. The molecule has 1 saturated carbocycles. The van der Waals surface area contributed by atoms with Gasteiger partial charge in [0.2, 0.25) is 0 Å². The molecule has 9 heteroatoms. The van der Waals surface area contributed by atoms with Crippen molar-refractivity contribution < 1.29 is 27.1 Å². The predicted molar refractivity (Wildman–Crippen MR) is 110 cm³/mol. The molecule has 1 aliphatic carbocycles. The molecule has 1 aliphatic heterocycles. The fourth-order valence-electron chi connectivity index (χ4n) is 3.96. The van der Waals surface area contributed by atoms with Gasteiger partial charge in [0.25, 0.3) is 11.9 Å². The van der Waals surface area contributed by atoms with Crippen molar-refractivity contribution in [2.75, 3.05) is 0 Å². The lowest BCUT2D eigenvalue weighted by atomic mass is 9.81. The molecule has 0 bridgehead atoms. The maximum Gasteiger partial charge on any atom is 0.290 e. The molecule has 2 aromatic rings. The van der Waals surface area contributed by atoms with Crippen LogP contribution in [0.1, 0.15) is 46.9 Å². The Morgan fingerprint density at radius 3 is 2.62 bits per heavy atom. The number of aromatic nitrogens is 1. The Morgan fingerprint density at radius 1 is 1.28 bits per heavy atom. The van der Waals surface area contributed by atoms with E-state index >= 15 is 4.39 Å². The van der Waals surface area contributed by atoms with Crippen molar-refractivity contribution in [3.8, 4) is 0 Å². The smallest absolute Gasteiger partial charge is 0.290 e. The summed E-state index contributed by atoms with van der Waals surface area (Å²) in [5, 5.41) is 0. The Balaban J connectivity index is 1.66. The number of rotatable bonds is 6. The van der Waals surface area contributed by atoms with E-state index in [0.717, 1.165) is 11.6 Å². The lowest BCUT2D eigenvalue weighted by Crippen LogP contribution is -2.57. The van der Waals surface area contributed by atoms with E-state index in [1.54, 1.807) is 18.3 Å². The minimum Gasteiger partial charge on any atom is -0.452 e. The van der Waals surface area contributed by atoms with Crippen LogP contribution in [0.2, 0.25) is 0 Å². The van der Waals surface area contributed by atoms with Gasteiger partial charge in [0.05, 0.1) is 0 Å². The van der Waals surface area contributed by atoms with Gasteiger partial charge in [0, 0.05) is 24.1 Å². The number of benzene rings is 1. The highest BCUT2D eigenvalue weighted by Crippen LogP contribution is 2.51. The van der Waals surface area contributed by atoms with Crippen LogP contribution in [-0.4, -0.2) is 35.0 Å². The SMILES string of the molecule is Cc1ccc(C(=O)Cc2ccc(F)c([C@@]3(C)N=C(N)O[C@H](C(F)(F)C4CC4)[C@@H]3F)c2)nc1. The molecule has 3 atom stereocenters. The zero-order valence-electron chi connectivity index (χ0n) is 17.6. The zero-order valence-corrected chi connectivity index (χ0v) is 17.6. The van der Waals surface area contributed by atoms with Crippen LogP contribution in [0, 0.1) is 18.7 Å². The molecule has 0 radical (unpaired) electrons. The quantitative estimate of drug-likeness (QED) is 0.528. The topological polar surface area (TPSA) is 77.6 Å². The fourth-order valence-corrected chi connectivity index (χ4v) is 3.96. The van der Waals surface area contributed by atoms with E-state index in [-0.39, 0.29) is 36.3 Å². The molecule has 0 unspecified atom stereocenters. The highest BCUT2D eigenvalue weighted by Gasteiger charge is 2.62. The van der Waals surface area contributed by atoms with Crippen LogP contribution < -0.4 is 5.73 Å². The molecular weight excluding hydrogens is 426 g/mol. The molecule has 32 heavy (non-hydrogen) atoms. The molecule has 4 rings (SSSR count). The maximum atomic E-state index is 15.5. The van der Waals surface area contributed by atoms with E-state index in [1.807, 2.05) is 6.92 Å². The van der Waals surface area contributed by atoms with Gasteiger partial charge < -0.3 is 10.5 Å². The first-order chi connectivity index (χ1) is 15.0. The molecular formula is C23H23F4N3O2. The van der Waals surface area contributed by atoms with Crippen molar-refractivity contribution >= 4 is 11.8 Å². The van der Waals surface area contributed by atoms with Crippen LogP contribution in [0.4, 0.5) is 17.6 Å². The average Bonchev–Trinajstić information content (AvgIpc) is 3.58. The molecule has 1 aromatic carbocycles. The minimum absolute atomic E-state index is 0.131. The van der Waals surface area contributed by atoms with Gasteiger partial charge in [-0.3, -0.25) is 9.78 Å². The number of halogens is 4. The Morgan fingerprint density at radius 2 is 2.00 bits per heavy atom. The standard InChI is InChI=1S/C23H23F4N3O2/c1-12-3-8-17(29-11-12)18(31)10-13-4-7-16(24)15(9-13)22(2)19(25)20(32-21(28)30-22)23(26,27)14-5-6-14/h3-4,7-9,11,14,19-20H,5-6,10H2,1-2H3,(H2,28,30)/t19-,20-,22+/m0/s1. The van der Waals surface area contributed by atoms with Crippen molar-refractivity contribution in [2.45, 2.75) is 56.8 Å². The number of ketones is 1. The normalized spacial score (nSPS) is 25.8. The van der Waals surface area contributed by atoms with Crippen LogP contribution in [0.5, 0.6) is 0 Å². The third-order valence-corrected chi connectivity index (χ3v) is 6.03. The first kappa shape index (κ1) is 22.2. The van der Waals surface area contributed by atoms with E-state index in [9.17, 15) is 18.0 Å². The lowest BCUT2D eigenvalue weighted by Gasteiger charge is -2.41. The number of carbonyl (C=O) groups excluding carboxylic acids is 1. The molecule has 0 amide bonds. The second kappa shape index (κ2) is 7.86. The fraction of sp³-hybridized carbons (Fsp3) is 0.435. The van der Waals surface area contributed by atoms with E-state index in [2.05, 4.69) is 9.98 Å². The third kappa shape index (κ3) is 3.96. The van der Waals surface area contributed by atoms with E-state index in [4.69, 9.17) is 10.5 Å². The van der Waals surface area contributed by atoms with Gasteiger partial charge in [-0.25, -0.2) is 22.6 Å². The van der Waals surface area contributed by atoms with Crippen molar-refractivity contribution in [2.24, 2.45) is 16.6 Å². The van der Waals surface area contributed by atoms with Gasteiger partial charge in [-0.2, -0.15) is 0 Å². The molecule has 5 nitrogen and oxygen atoms in total. The summed E-state index contributed by atoms with van der Waals surface area (Å²) in [5.74, 6) is -5.64. The van der Waals surface area contributed by atoms with Crippen LogP contribution >= 0.6 is 0 Å². The summed E-state index contributed by atoms with van der Waals surface area (Å²) in [6.45, 7) is 3.04. The summed E-state index contributed by atoms with van der Waals surface area (Å²) >= 11 is 0. The van der Waals surface area contributed by atoms with E-state index in [1.165, 1.54) is 19.1 Å². The number of alkyl halides is 3. The van der Waals surface area contributed by atoms with Gasteiger partial charge in [0.1, 0.15) is 17.1 Å². The number of pyridine rings is 1. The highest BCUT2D eigenvalue weighted by molar-refractivity contribution is 5.95. The Hall–Kier alpha value is -2.97. The second-order valence-electron chi connectivity index (χ2n) is 8.62. The van der Waals surface area contributed by atoms with E-state index < -0.39 is 41.5 Å². The molecule has 0 saturated heterocycles. The number of amidine groups is 1. The van der Waals surface area contributed by atoms with Gasteiger partial charge in [-0.1, -0.05) is 12.1 Å². The summed E-state index contributed by atoms with van der Waals surface area (Å²) in [6, 6.07) is 6.40. The number of aliphatic imine (C=N–C) groups is 1. The number of Topliss-reactive ketones (excluding diaryl/α,β-unsaturated/α-hetero) is 1. The maximum absolute atomic E-state index is 15.5. The average molecular weight is 449 g/mol. The first-order valence-electron chi connectivity index (χ1n) is 10.3. The van der Waals surface area contributed by atoms with Crippen LogP contribution in [0.25, 0.3) is 0 Å². The molecule has 1 aromatic heterocycles. The van der Waals surface area contributed by atoms with E-state index in [0.29, 0.717) is 5.56 Å². The lowest BCUT2D eigenvalue weighted by molar-refractivity contribution is -0.161. The summed E-state index contributed by atoms with van der Waals surface area (Å²) in [7, 11) is 0. The molecule has 1 fully saturated rings. The van der Waals surface area contributed by atoms with Crippen LogP contribution in [-0.2, 0) is 16.7 Å². The summed E-state index contributed by atoms with van der Waals surface area (Å²) < 4.78 is 64.7. The second-order valence-corrected chi connectivity index (χ2v) is 8.62. The number of carbonyl (C=O) groups is 1. The highest BCUT2D eigenvalue weighted by atomic mass is 19.3. The van der Waals surface area contributed by atoms with Crippen molar-refractivity contribution in [1.29, 1.82) is 0 Å². The van der Waals surface area contributed by atoms with Gasteiger partial charge in [-0.15, -0.1) is 0 Å². The third-order valence-electron chi connectivity index (χ3n) is 6.03. The van der Waals surface area contributed by atoms with Crippen molar-refractivity contribution in [3.63, 3.8) is 0 Å². The Bertz CT molecular complexity index is 1070. The molecule has 0 spiro atoms. The first-order valence-corrected chi connectivity index (χ1v) is 10.3. The number of ether oxygens (including phenoxy) is 1. The predicted octanol–water partition coefficient (Wildman–Crippen LogP) is 4.27. The summed E-state index contributed by atoms with van der Waals surface area (Å²) in [6.07, 6.45) is -2.60. The number of nitrogens with zero attached hydrogens (tertiary/aromatic N) is 2. The van der Waals surface area contributed by atoms with Gasteiger partial charge in [0.15, 0.2) is 18.1 Å². The van der Waals surface area contributed by atoms with Crippen molar-refractivity contribution in [1.82, 2.24) is 4.98 Å². The number of aryl methyl sites for hydroxylation is 1. The largest absolute Gasteiger partial charge is 0.452 e. The van der Waals surface area contributed by atoms with Crippen LogP contribution in [0.3, 0.4) is 0 Å². The zero-order chi connectivity index (χ0) is 23.3. The van der Waals surface area contributed by atoms with Crippen LogP contribution in [0.15, 0.2) is 41.5 Å². The Kier molecular flexibility index (Phi) is 5.46. The molecule has 170 valence electrons. The van der Waals surface area contributed by atoms with Crippen molar-refractivity contribution in [3.05, 3.63) is 64.7 Å². The molecule has 2 N–H and O–H groups in total. The number of nitrogens with two attached hydrogens (primary N) is 1. The number of hydrogen-bond acceptors (Lipinski definition) is 5. The van der Waals surface area contributed by atoms with Gasteiger partial charge in [-0.05, 0) is 56.0 Å². The Labute approximate surface area is 182 Å².